The fraction of sp³-hybridized carbons (Fsp3) is 0.100. The van der Waals surface area contributed by atoms with Crippen molar-refractivity contribution in [3.05, 3.63) is 71.8 Å². The third-order valence-corrected chi connectivity index (χ3v) is 4.68. The number of hydrogen-bond acceptors (Lipinski definition) is 3. The molecule has 0 aliphatic heterocycles. The maximum Gasteiger partial charge on any atom is 0.130 e. The molecule has 6 nitrogen and oxygen atoms in total. The van der Waals surface area contributed by atoms with E-state index in [2.05, 4.69) is 38.2 Å². The highest BCUT2D eigenvalue weighted by Crippen LogP contribution is 2.24. The Labute approximate surface area is 149 Å². The van der Waals surface area contributed by atoms with E-state index in [0.29, 0.717) is 12.2 Å². The van der Waals surface area contributed by atoms with E-state index in [0.717, 1.165) is 39.3 Å². The second-order valence-electron chi connectivity index (χ2n) is 6.55. The van der Waals surface area contributed by atoms with Crippen LogP contribution in [-0.2, 0) is 6.42 Å². The van der Waals surface area contributed by atoms with E-state index in [9.17, 15) is 0 Å². The molecule has 5 aromatic rings. The van der Waals surface area contributed by atoms with Crippen LogP contribution >= 0.6 is 0 Å². The molecule has 0 aliphatic carbocycles. The third-order valence-electron chi connectivity index (χ3n) is 4.68. The van der Waals surface area contributed by atoms with E-state index in [1.165, 1.54) is 5.39 Å². The highest BCUT2D eigenvalue weighted by atomic mass is 15.3. The van der Waals surface area contributed by atoms with Gasteiger partial charge in [0.15, 0.2) is 0 Å². The third kappa shape index (κ3) is 2.35. The molecular formula is C20H18N6. The molecule has 0 aliphatic rings. The van der Waals surface area contributed by atoms with Gasteiger partial charge >= 0.3 is 0 Å². The lowest BCUT2D eigenvalue weighted by Crippen LogP contribution is -2.03. The van der Waals surface area contributed by atoms with Gasteiger partial charge in [0.25, 0.3) is 0 Å². The fourth-order valence-corrected chi connectivity index (χ4v) is 3.42. The molecule has 3 aromatic heterocycles. The van der Waals surface area contributed by atoms with Crippen LogP contribution < -0.4 is 5.73 Å². The fourth-order valence-electron chi connectivity index (χ4n) is 3.42. The second kappa shape index (κ2) is 5.49. The lowest BCUT2D eigenvalue weighted by Gasteiger charge is -2.05. The van der Waals surface area contributed by atoms with Crippen molar-refractivity contribution in [1.29, 1.82) is 0 Å². The number of nitrogens with one attached hydrogen (secondary N) is 2. The smallest absolute Gasteiger partial charge is 0.130 e. The van der Waals surface area contributed by atoms with E-state index in [4.69, 9.17) is 5.73 Å². The molecular weight excluding hydrogens is 324 g/mol. The number of nitrogen functional groups attached to an aromatic ring is 1. The van der Waals surface area contributed by atoms with Crippen LogP contribution in [0.4, 0.5) is 5.82 Å². The van der Waals surface area contributed by atoms with Crippen LogP contribution in [0, 0.1) is 6.92 Å². The van der Waals surface area contributed by atoms with Gasteiger partial charge in [0.2, 0.25) is 0 Å². The molecule has 0 atom stereocenters. The van der Waals surface area contributed by atoms with Crippen LogP contribution in [0.25, 0.3) is 27.6 Å². The zero-order valence-corrected chi connectivity index (χ0v) is 14.3. The van der Waals surface area contributed by atoms with Crippen LogP contribution in [0.2, 0.25) is 0 Å². The monoisotopic (exact) mass is 342 g/mol. The summed E-state index contributed by atoms with van der Waals surface area (Å²) in [5, 5.41) is 5.70. The molecule has 128 valence electrons. The van der Waals surface area contributed by atoms with Gasteiger partial charge in [-0.05, 0) is 42.6 Å². The summed E-state index contributed by atoms with van der Waals surface area (Å²) in [4.78, 5) is 11.1. The number of imidazole rings is 1. The van der Waals surface area contributed by atoms with Gasteiger partial charge in [0.05, 0.1) is 22.9 Å². The summed E-state index contributed by atoms with van der Waals surface area (Å²) in [5.74, 6) is 1.55. The Morgan fingerprint density at radius 2 is 1.92 bits per heavy atom. The van der Waals surface area contributed by atoms with E-state index in [1.54, 1.807) is 4.68 Å². The number of aromatic nitrogens is 5. The van der Waals surface area contributed by atoms with Gasteiger partial charge in [-0.25, -0.2) is 9.67 Å². The number of nitrogens with two attached hydrogens (primary N) is 1. The Balaban J connectivity index is 1.50. The van der Waals surface area contributed by atoms with E-state index >= 15 is 0 Å². The van der Waals surface area contributed by atoms with Crippen LogP contribution in [0.15, 0.2) is 54.7 Å². The van der Waals surface area contributed by atoms with Crippen molar-refractivity contribution >= 4 is 27.8 Å². The number of benzene rings is 2. The SMILES string of the molecule is Cc1nc2ccc(-n3ncc(Cc4cc5ccccc5[nH]4)c3N)cc2[nH]1. The molecule has 6 heteroatoms. The maximum atomic E-state index is 6.39. The van der Waals surface area contributed by atoms with Crippen molar-refractivity contribution in [2.24, 2.45) is 0 Å². The van der Waals surface area contributed by atoms with Crippen molar-refractivity contribution in [3.8, 4) is 5.69 Å². The Morgan fingerprint density at radius 1 is 1.04 bits per heavy atom. The standard InChI is InChI=1S/C20H18N6/c1-12-23-18-7-6-16(10-19(18)24-12)26-20(21)14(11-22-26)9-15-8-13-4-2-3-5-17(13)25-15/h2-8,10-11,25H,9,21H2,1H3,(H,23,24). The number of rotatable bonds is 3. The number of para-hydroxylation sites is 1. The van der Waals surface area contributed by atoms with Crippen LogP contribution in [0.5, 0.6) is 0 Å². The maximum absolute atomic E-state index is 6.39. The van der Waals surface area contributed by atoms with Crippen molar-refractivity contribution in [1.82, 2.24) is 24.7 Å². The molecule has 0 unspecified atom stereocenters. The summed E-state index contributed by atoms with van der Waals surface area (Å²) in [5.41, 5.74) is 12.5. The lowest BCUT2D eigenvalue weighted by atomic mass is 10.1. The summed E-state index contributed by atoms with van der Waals surface area (Å²) < 4.78 is 1.77. The number of hydrogen-bond donors (Lipinski definition) is 3. The van der Waals surface area contributed by atoms with Crippen molar-refractivity contribution in [2.45, 2.75) is 13.3 Å². The largest absolute Gasteiger partial charge is 0.383 e. The highest BCUT2D eigenvalue weighted by molar-refractivity contribution is 5.80. The number of aromatic amines is 2. The second-order valence-corrected chi connectivity index (χ2v) is 6.55. The number of anilines is 1. The first-order valence-electron chi connectivity index (χ1n) is 8.53. The molecule has 0 spiro atoms. The first-order chi connectivity index (χ1) is 12.7. The number of H-pyrrole nitrogens is 2. The summed E-state index contributed by atoms with van der Waals surface area (Å²) in [6.07, 6.45) is 2.55. The van der Waals surface area contributed by atoms with E-state index in [1.807, 2.05) is 43.5 Å². The molecule has 0 saturated heterocycles. The van der Waals surface area contributed by atoms with Crippen molar-refractivity contribution < 1.29 is 0 Å². The van der Waals surface area contributed by atoms with Crippen LogP contribution in [0.1, 0.15) is 17.1 Å². The Hall–Kier alpha value is -3.54. The highest BCUT2D eigenvalue weighted by Gasteiger charge is 2.12. The van der Waals surface area contributed by atoms with E-state index in [-0.39, 0.29) is 0 Å². The first-order valence-corrected chi connectivity index (χ1v) is 8.53. The van der Waals surface area contributed by atoms with Gasteiger partial charge in [-0.1, -0.05) is 18.2 Å². The molecule has 0 radical (unpaired) electrons. The van der Waals surface area contributed by atoms with Gasteiger partial charge < -0.3 is 15.7 Å². The molecule has 26 heavy (non-hydrogen) atoms. The van der Waals surface area contributed by atoms with Crippen molar-refractivity contribution in [3.63, 3.8) is 0 Å². The minimum absolute atomic E-state index is 0.652. The first kappa shape index (κ1) is 14.8. The Bertz CT molecular complexity index is 1210. The summed E-state index contributed by atoms with van der Waals surface area (Å²) >= 11 is 0. The topological polar surface area (TPSA) is 88.3 Å². The average Bonchev–Trinajstić information content (AvgIpc) is 3.30. The molecule has 3 heterocycles. The van der Waals surface area contributed by atoms with Gasteiger partial charge in [0, 0.05) is 23.2 Å². The Kier molecular flexibility index (Phi) is 3.12. The zero-order valence-electron chi connectivity index (χ0n) is 14.3. The zero-order chi connectivity index (χ0) is 17.7. The minimum atomic E-state index is 0.652. The van der Waals surface area contributed by atoms with Crippen molar-refractivity contribution in [2.75, 3.05) is 5.73 Å². The van der Waals surface area contributed by atoms with Gasteiger partial charge in [0.1, 0.15) is 11.6 Å². The normalized spacial score (nSPS) is 11.6. The van der Waals surface area contributed by atoms with Gasteiger partial charge in [-0.2, -0.15) is 5.10 Å². The number of fused-ring (bicyclic) bond motifs is 2. The predicted molar refractivity (Wildman–Crippen MR) is 103 cm³/mol. The van der Waals surface area contributed by atoms with Crippen LogP contribution in [-0.4, -0.2) is 24.7 Å². The minimum Gasteiger partial charge on any atom is -0.383 e. The summed E-state index contributed by atoms with van der Waals surface area (Å²) in [6, 6.07) is 16.4. The molecule has 5 rings (SSSR count). The molecule has 0 fully saturated rings. The molecule has 0 amide bonds. The summed E-state index contributed by atoms with van der Waals surface area (Å²) in [7, 11) is 0. The Morgan fingerprint density at radius 3 is 2.81 bits per heavy atom. The molecule has 4 N–H and O–H groups in total. The lowest BCUT2D eigenvalue weighted by molar-refractivity contribution is 0.892. The number of nitrogens with zero attached hydrogens (tertiary/aromatic N) is 3. The van der Waals surface area contributed by atoms with Gasteiger partial charge in [-0.3, -0.25) is 0 Å². The van der Waals surface area contributed by atoms with E-state index < -0.39 is 0 Å². The van der Waals surface area contributed by atoms with Crippen LogP contribution in [0.3, 0.4) is 0 Å². The quantitative estimate of drug-likeness (QED) is 0.467. The summed E-state index contributed by atoms with van der Waals surface area (Å²) in [6.45, 7) is 1.94. The molecule has 2 aromatic carbocycles. The molecule has 0 saturated carbocycles. The molecule has 0 bridgehead atoms. The van der Waals surface area contributed by atoms with Gasteiger partial charge in [-0.15, -0.1) is 0 Å². The number of aryl methyl sites for hydroxylation is 1. The average molecular weight is 342 g/mol. The predicted octanol–water partition coefficient (Wildman–Crippen LogP) is 3.71.